The molecule has 112 valence electrons. The highest BCUT2D eigenvalue weighted by molar-refractivity contribution is 7.99. The molecule has 5 nitrogen and oxygen atoms in total. The van der Waals surface area contributed by atoms with Crippen LogP contribution in [0.1, 0.15) is 5.69 Å². The van der Waals surface area contributed by atoms with Crippen molar-refractivity contribution in [3.8, 4) is 0 Å². The molecule has 1 amide bonds. The van der Waals surface area contributed by atoms with Crippen molar-refractivity contribution in [2.45, 2.75) is 12.1 Å². The van der Waals surface area contributed by atoms with Crippen LogP contribution in [0.3, 0.4) is 0 Å². The highest BCUT2D eigenvalue weighted by Gasteiger charge is 2.11. The summed E-state index contributed by atoms with van der Waals surface area (Å²) in [4.78, 5) is 20.4. The first kappa shape index (κ1) is 14.9. The Kier molecular flexibility index (Phi) is 4.31. The maximum absolute atomic E-state index is 11.9. The van der Waals surface area contributed by atoms with E-state index in [1.165, 1.54) is 11.8 Å². The molecule has 2 heterocycles. The van der Waals surface area contributed by atoms with Crippen LogP contribution in [-0.2, 0) is 4.79 Å². The molecular weight excluding hydrogens is 322 g/mol. The summed E-state index contributed by atoms with van der Waals surface area (Å²) in [5, 5.41) is 3.67. The van der Waals surface area contributed by atoms with Gasteiger partial charge in [-0.1, -0.05) is 35.5 Å². The van der Waals surface area contributed by atoms with Gasteiger partial charge in [-0.15, -0.1) is 0 Å². The lowest BCUT2D eigenvalue weighted by Gasteiger charge is -2.05. The monoisotopic (exact) mass is 333 g/mol. The van der Waals surface area contributed by atoms with E-state index in [1.807, 2.05) is 25.1 Å². The van der Waals surface area contributed by atoms with E-state index in [0.29, 0.717) is 27.2 Å². The molecule has 0 saturated heterocycles. The van der Waals surface area contributed by atoms with E-state index in [4.69, 9.17) is 16.0 Å². The Balaban J connectivity index is 1.63. The number of para-hydroxylation sites is 1. The predicted molar refractivity (Wildman–Crippen MR) is 87.3 cm³/mol. The number of amides is 1. The Morgan fingerprint density at radius 1 is 1.27 bits per heavy atom. The van der Waals surface area contributed by atoms with Gasteiger partial charge in [-0.2, -0.15) is 4.98 Å². The SMILES string of the molecule is Cc1ccc2oc(SCC(=O)Nc3ccccc3Cl)nc2n1. The smallest absolute Gasteiger partial charge is 0.258 e. The Morgan fingerprint density at radius 2 is 2.09 bits per heavy atom. The summed E-state index contributed by atoms with van der Waals surface area (Å²) in [5.74, 6) is 0.00121. The van der Waals surface area contributed by atoms with Gasteiger partial charge in [0.15, 0.2) is 11.2 Å². The van der Waals surface area contributed by atoms with E-state index in [2.05, 4.69) is 15.3 Å². The number of rotatable bonds is 4. The van der Waals surface area contributed by atoms with Gasteiger partial charge in [0.25, 0.3) is 5.22 Å². The van der Waals surface area contributed by atoms with Crippen LogP contribution < -0.4 is 5.32 Å². The number of halogens is 1. The van der Waals surface area contributed by atoms with Crippen LogP contribution in [0.5, 0.6) is 0 Å². The molecule has 0 aliphatic heterocycles. The Morgan fingerprint density at radius 3 is 2.91 bits per heavy atom. The van der Waals surface area contributed by atoms with Crippen LogP contribution in [0.4, 0.5) is 5.69 Å². The number of thioether (sulfide) groups is 1. The number of carbonyl (C=O) groups is 1. The first-order chi connectivity index (χ1) is 10.6. The second kappa shape index (κ2) is 6.37. The Bertz CT molecular complexity index is 835. The number of aromatic nitrogens is 2. The van der Waals surface area contributed by atoms with Crippen molar-refractivity contribution in [2.75, 3.05) is 11.1 Å². The van der Waals surface area contributed by atoms with E-state index in [0.717, 1.165) is 5.69 Å². The number of aryl methyl sites for hydroxylation is 1. The third-order valence-electron chi connectivity index (χ3n) is 2.85. The minimum Gasteiger partial charge on any atom is -0.430 e. The summed E-state index contributed by atoms with van der Waals surface area (Å²) in [5.41, 5.74) is 2.62. The van der Waals surface area contributed by atoms with Gasteiger partial charge in [-0.3, -0.25) is 4.79 Å². The average molecular weight is 334 g/mol. The van der Waals surface area contributed by atoms with Crippen LogP contribution >= 0.6 is 23.4 Å². The lowest BCUT2D eigenvalue weighted by Crippen LogP contribution is -2.14. The van der Waals surface area contributed by atoms with E-state index in [-0.39, 0.29) is 11.7 Å². The number of nitrogens with zero attached hydrogens (tertiary/aromatic N) is 2. The Labute approximate surface area is 136 Å². The summed E-state index contributed by atoms with van der Waals surface area (Å²) >= 11 is 7.21. The molecule has 0 saturated carbocycles. The lowest BCUT2D eigenvalue weighted by atomic mass is 10.3. The maximum atomic E-state index is 11.9. The number of fused-ring (bicyclic) bond motifs is 1. The second-order valence-corrected chi connectivity index (χ2v) is 5.90. The molecule has 0 atom stereocenters. The lowest BCUT2D eigenvalue weighted by molar-refractivity contribution is -0.113. The molecule has 2 aromatic heterocycles. The van der Waals surface area contributed by atoms with E-state index >= 15 is 0 Å². The fourth-order valence-electron chi connectivity index (χ4n) is 1.83. The van der Waals surface area contributed by atoms with Crippen LogP contribution in [-0.4, -0.2) is 21.6 Å². The topological polar surface area (TPSA) is 68.0 Å². The van der Waals surface area contributed by atoms with Crippen LogP contribution in [0.2, 0.25) is 5.02 Å². The summed E-state index contributed by atoms with van der Waals surface area (Å²) in [7, 11) is 0. The third kappa shape index (κ3) is 3.40. The van der Waals surface area contributed by atoms with E-state index in [9.17, 15) is 4.79 Å². The van der Waals surface area contributed by atoms with Crippen molar-refractivity contribution in [3.63, 3.8) is 0 Å². The number of nitrogens with one attached hydrogen (secondary N) is 1. The van der Waals surface area contributed by atoms with Crippen molar-refractivity contribution in [1.29, 1.82) is 0 Å². The number of benzene rings is 1. The molecular formula is C15H12ClN3O2S. The minimum atomic E-state index is -0.176. The van der Waals surface area contributed by atoms with Gasteiger partial charge in [0.1, 0.15) is 0 Å². The number of anilines is 1. The molecule has 1 aromatic carbocycles. The molecule has 1 N–H and O–H groups in total. The average Bonchev–Trinajstić information content (AvgIpc) is 2.89. The van der Waals surface area contributed by atoms with E-state index in [1.54, 1.807) is 18.2 Å². The largest absolute Gasteiger partial charge is 0.430 e. The highest BCUT2D eigenvalue weighted by Crippen LogP contribution is 2.24. The Hall–Kier alpha value is -2.05. The van der Waals surface area contributed by atoms with E-state index < -0.39 is 0 Å². The quantitative estimate of drug-likeness (QED) is 0.733. The van der Waals surface area contributed by atoms with Crippen molar-refractivity contribution >= 4 is 46.2 Å². The van der Waals surface area contributed by atoms with Crippen molar-refractivity contribution < 1.29 is 9.21 Å². The summed E-state index contributed by atoms with van der Waals surface area (Å²) in [6.07, 6.45) is 0. The third-order valence-corrected chi connectivity index (χ3v) is 4.01. The summed E-state index contributed by atoms with van der Waals surface area (Å²) < 4.78 is 5.53. The zero-order valence-corrected chi connectivity index (χ0v) is 13.2. The van der Waals surface area contributed by atoms with Gasteiger partial charge >= 0.3 is 0 Å². The molecule has 0 spiro atoms. The van der Waals surface area contributed by atoms with Crippen LogP contribution in [0.25, 0.3) is 11.2 Å². The van der Waals surface area contributed by atoms with Crippen molar-refractivity contribution in [3.05, 3.63) is 47.1 Å². The summed E-state index contributed by atoms with van der Waals surface area (Å²) in [6.45, 7) is 1.89. The zero-order chi connectivity index (χ0) is 15.5. The maximum Gasteiger partial charge on any atom is 0.258 e. The van der Waals surface area contributed by atoms with Gasteiger partial charge < -0.3 is 9.73 Å². The minimum absolute atomic E-state index is 0.176. The number of pyridine rings is 1. The number of hydrogen-bond acceptors (Lipinski definition) is 5. The predicted octanol–water partition coefficient (Wildman–Crippen LogP) is 3.92. The fraction of sp³-hybridized carbons (Fsp3) is 0.133. The van der Waals surface area contributed by atoms with Gasteiger partial charge in [0.2, 0.25) is 5.91 Å². The fourth-order valence-corrected chi connectivity index (χ4v) is 2.64. The van der Waals surface area contributed by atoms with Crippen molar-refractivity contribution in [2.24, 2.45) is 0 Å². The first-order valence-electron chi connectivity index (χ1n) is 6.53. The number of hydrogen-bond donors (Lipinski definition) is 1. The summed E-state index contributed by atoms with van der Waals surface area (Å²) in [6, 6.07) is 10.8. The van der Waals surface area contributed by atoms with Gasteiger partial charge in [-0.25, -0.2) is 4.98 Å². The van der Waals surface area contributed by atoms with Gasteiger partial charge in [0.05, 0.1) is 16.5 Å². The molecule has 3 rings (SSSR count). The highest BCUT2D eigenvalue weighted by atomic mass is 35.5. The molecule has 22 heavy (non-hydrogen) atoms. The van der Waals surface area contributed by atoms with Crippen molar-refractivity contribution in [1.82, 2.24) is 9.97 Å². The number of carbonyl (C=O) groups excluding carboxylic acids is 1. The molecule has 0 radical (unpaired) electrons. The molecule has 0 fully saturated rings. The zero-order valence-electron chi connectivity index (χ0n) is 11.7. The molecule has 3 aromatic rings. The normalized spacial score (nSPS) is 10.8. The second-order valence-electron chi connectivity index (χ2n) is 4.57. The first-order valence-corrected chi connectivity index (χ1v) is 7.89. The van der Waals surface area contributed by atoms with Crippen LogP contribution in [0.15, 0.2) is 46.0 Å². The van der Waals surface area contributed by atoms with Gasteiger partial charge in [0, 0.05) is 5.69 Å². The molecule has 0 unspecified atom stereocenters. The molecule has 7 heteroatoms. The molecule has 0 aliphatic carbocycles. The molecule has 0 aliphatic rings. The molecule has 0 bridgehead atoms. The standard InChI is InChI=1S/C15H12ClN3O2S/c1-9-6-7-12-14(17-9)19-15(21-12)22-8-13(20)18-11-5-3-2-4-10(11)16/h2-7H,8H2,1H3,(H,18,20). The van der Waals surface area contributed by atoms with Crippen LogP contribution in [0, 0.1) is 6.92 Å². The van der Waals surface area contributed by atoms with Gasteiger partial charge in [-0.05, 0) is 31.2 Å². The number of oxazole rings is 1.